The third-order valence-corrected chi connectivity index (χ3v) is 18.7. The van der Waals surface area contributed by atoms with Crippen LogP contribution in [0.3, 0.4) is 0 Å². The van der Waals surface area contributed by atoms with Gasteiger partial charge in [-0.15, -0.1) is 0 Å². The summed E-state index contributed by atoms with van der Waals surface area (Å²) in [6, 6.07) is 9.17. The number of ether oxygens (including phenoxy) is 10. The van der Waals surface area contributed by atoms with Gasteiger partial charge in [-0.1, -0.05) is 12.1 Å². The molecule has 0 saturated heterocycles. The van der Waals surface area contributed by atoms with Crippen molar-refractivity contribution in [2.24, 2.45) is 0 Å². The first-order valence-corrected chi connectivity index (χ1v) is 34.6. The van der Waals surface area contributed by atoms with Gasteiger partial charge in [-0.05, 0) is 111 Å². The summed E-state index contributed by atoms with van der Waals surface area (Å²) < 4.78 is 211. The van der Waals surface area contributed by atoms with Gasteiger partial charge in [-0.2, -0.15) is 4.58 Å². The second kappa shape index (κ2) is 33.6. The minimum Gasteiger partial charge on any atom is -0.744 e. The molecule has 0 bridgehead atoms. The monoisotopic (exact) mass is 1330 g/mol. The maximum Gasteiger partial charge on any atom is 0.303 e. The van der Waals surface area contributed by atoms with Crippen LogP contribution in [0.5, 0.6) is 0 Å². The number of unbranched alkanes of at least 4 members (excludes halogenated alkanes) is 2. The van der Waals surface area contributed by atoms with Gasteiger partial charge in [0.1, 0.15) is 47.0 Å². The Kier molecular flexibility index (Phi) is 27.6. The number of hydrogen-bond acceptors (Lipinski definition) is 24. The number of anilines is 1. The number of allylic oxidation sites excluding steroid dienone is 4. The van der Waals surface area contributed by atoms with Crippen LogP contribution in [-0.2, 0) is 103 Å². The summed E-state index contributed by atoms with van der Waals surface area (Å²) in [4.78, 5) is 9.75. The summed E-state index contributed by atoms with van der Waals surface area (Å²) in [5.74, 6) is -0.985. The van der Waals surface area contributed by atoms with Crippen LogP contribution in [0, 0.1) is 0 Å². The van der Waals surface area contributed by atoms with E-state index in [1.54, 1.807) is 44.6 Å². The van der Waals surface area contributed by atoms with Crippen molar-refractivity contribution in [2.45, 2.75) is 89.7 Å². The molecule has 2 heterocycles. The first-order valence-electron chi connectivity index (χ1n) is 28.9. The fraction of sp³-hybridized carbons (Fsp3) is 0.559. The average Bonchev–Trinajstić information content (AvgIpc) is 1.61. The number of carbonyl (C=O) groups is 1. The number of rotatable bonds is 43. The molecule has 2 aliphatic heterocycles. The maximum atomic E-state index is 12.9. The fourth-order valence-electron chi connectivity index (χ4n) is 11.1. The molecule has 0 aliphatic carbocycles. The molecule has 0 fully saturated rings. The van der Waals surface area contributed by atoms with Crippen LogP contribution in [0.1, 0.15) is 70.4 Å². The quantitative estimate of drug-likeness (QED) is 0.0344. The molecule has 89 heavy (non-hydrogen) atoms. The minimum absolute atomic E-state index is 0.0126. The van der Waals surface area contributed by atoms with Crippen LogP contribution >= 0.6 is 0 Å². The zero-order valence-electron chi connectivity index (χ0n) is 50.6. The SMILES string of the molecule is CCN1/C(=C/C=C/C2=[N+](CCCCCC(=O)O)c3ccc4c(S(=O)(=O)[O-])cc(S(=O)(=O)[O-])cc4c3C2(C)CCOCCOCCOCCOCCOC)C(C)(CCOCCOCCOCCOCCOC)c2c1ccc1c(S(=O)(=O)[O-])cc(S(=O)(=O)[O-])cc21. The van der Waals surface area contributed by atoms with Gasteiger partial charge in [0, 0.05) is 86.7 Å². The summed E-state index contributed by atoms with van der Waals surface area (Å²) in [5.41, 5.74) is 0.351. The highest BCUT2D eigenvalue weighted by molar-refractivity contribution is 7.87. The molecule has 30 heteroatoms. The van der Waals surface area contributed by atoms with E-state index >= 15 is 0 Å². The Morgan fingerprint density at radius 1 is 0.528 bits per heavy atom. The van der Waals surface area contributed by atoms with Gasteiger partial charge in [-0.3, -0.25) is 4.79 Å². The van der Waals surface area contributed by atoms with E-state index in [2.05, 4.69) is 0 Å². The molecule has 0 aromatic heterocycles. The summed E-state index contributed by atoms with van der Waals surface area (Å²) in [6.45, 7) is 11.0. The number of nitrogens with zero attached hydrogens (tertiary/aromatic N) is 2. The third kappa shape index (κ3) is 19.6. The highest BCUT2D eigenvalue weighted by atomic mass is 32.2. The van der Waals surface area contributed by atoms with E-state index in [1.165, 1.54) is 12.1 Å². The Hall–Kier alpha value is -4.94. The van der Waals surface area contributed by atoms with Gasteiger partial charge in [0.25, 0.3) is 0 Å². The van der Waals surface area contributed by atoms with Crippen LogP contribution in [0.4, 0.5) is 11.4 Å². The number of benzene rings is 4. The van der Waals surface area contributed by atoms with Crippen LogP contribution < -0.4 is 4.90 Å². The molecular formula is C59H79N2O24S4-3. The molecule has 6 rings (SSSR count). The lowest BCUT2D eigenvalue weighted by atomic mass is 9.74. The zero-order valence-corrected chi connectivity index (χ0v) is 53.9. The molecule has 26 nitrogen and oxygen atoms in total. The lowest BCUT2D eigenvalue weighted by molar-refractivity contribution is -0.438. The molecule has 0 spiro atoms. The molecule has 2 aliphatic rings. The van der Waals surface area contributed by atoms with Crippen LogP contribution in [0.15, 0.2) is 92.0 Å². The van der Waals surface area contributed by atoms with Crippen LogP contribution in [0.25, 0.3) is 21.5 Å². The highest BCUT2D eigenvalue weighted by Crippen LogP contribution is 2.54. The minimum atomic E-state index is -5.41. The maximum absolute atomic E-state index is 12.9. The van der Waals surface area contributed by atoms with E-state index in [1.807, 2.05) is 30.2 Å². The number of aliphatic carboxylic acids is 1. The predicted molar refractivity (Wildman–Crippen MR) is 320 cm³/mol. The van der Waals surface area contributed by atoms with Gasteiger partial charge in [0.15, 0.2) is 5.71 Å². The smallest absolute Gasteiger partial charge is 0.303 e. The van der Waals surface area contributed by atoms with Crippen molar-refractivity contribution in [3.8, 4) is 0 Å². The highest BCUT2D eigenvalue weighted by Gasteiger charge is 2.49. The van der Waals surface area contributed by atoms with Gasteiger partial charge >= 0.3 is 5.97 Å². The van der Waals surface area contributed by atoms with Gasteiger partial charge in [0.2, 0.25) is 5.69 Å². The number of carboxylic acid groups (broad SMARTS) is 1. The average molecular weight is 1330 g/mol. The lowest BCUT2D eigenvalue weighted by Gasteiger charge is -2.30. The van der Waals surface area contributed by atoms with Crippen molar-refractivity contribution in [2.75, 3.05) is 151 Å². The fourth-order valence-corrected chi connectivity index (χ4v) is 13.7. The van der Waals surface area contributed by atoms with Crippen molar-refractivity contribution in [3.63, 3.8) is 0 Å². The summed E-state index contributed by atoms with van der Waals surface area (Å²) in [5, 5.41) is 9.20. The van der Waals surface area contributed by atoms with Gasteiger partial charge < -0.3 is 75.6 Å². The molecule has 496 valence electrons. The van der Waals surface area contributed by atoms with Crippen molar-refractivity contribution < 1.29 is 114 Å². The molecule has 0 radical (unpaired) electrons. The van der Waals surface area contributed by atoms with E-state index < -0.39 is 76.9 Å². The second-order valence-electron chi connectivity index (χ2n) is 21.2. The van der Waals surface area contributed by atoms with E-state index in [9.17, 15) is 61.8 Å². The van der Waals surface area contributed by atoms with E-state index in [4.69, 9.17) is 47.4 Å². The Morgan fingerprint density at radius 2 is 0.944 bits per heavy atom. The molecule has 2 atom stereocenters. The predicted octanol–water partition coefficient (Wildman–Crippen LogP) is 5.05. The first kappa shape index (κ1) is 73.1. The number of hydrogen-bond donors (Lipinski definition) is 1. The second-order valence-corrected chi connectivity index (χ2v) is 26.7. The molecule has 2 unspecified atom stereocenters. The van der Waals surface area contributed by atoms with E-state index in [-0.39, 0.29) is 113 Å². The van der Waals surface area contributed by atoms with Crippen molar-refractivity contribution in [3.05, 3.63) is 83.6 Å². The summed E-state index contributed by atoms with van der Waals surface area (Å²) in [7, 11) is -18.3. The van der Waals surface area contributed by atoms with E-state index in [0.717, 1.165) is 12.1 Å². The Bertz CT molecular complexity index is 3630. The number of methoxy groups -OCH3 is 2. The van der Waals surface area contributed by atoms with E-state index in [0.29, 0.717) is 125 Å². The largest absolute Gasteiger partial charge is 0.744 e. The lowest BCUT2D eigenvalue weighted by Crippen LogP contribution is -2.33. The third-order valence-electron chi connectivity index (χ3n) is 15.3. The van der Waals surface area contributed by atoms with Gasteiger partial charge in [0.05, 0.1) is 131 Å². The number of fused-ring (bicyclic) bond motifs is 6. The molecule has 4 aromatic rings. The Labute approximate surface area is 520 Å². The van der Waals surface area contributed by atoms with Crippen LogP contribution in [-0.4, -0.2) is 219 Å². The summed E-state index contributed by atoms with van der Waals surface area (Å²) in [6.07, 6.45) is 6.67. The zero-order chi connectivity index (χ0) is 65.0. The molecule has 0 amide bonds. The number of likely N-dealkylation sites (N-methyl/N-ethyl adjacent to an activating group) is 1. The molecule has 1 N–H and O–H groups in total. The Balaban J connectivity index is 1.44. The Morgan fingerprint density at radius 3 is 1.36 bits per heavy atom. The van der Waals surface area contributed by atoms with Crippen molar-refractivity contribution in [1.29, 1.82) is 0 Å². The standard InChI is InChI=1S/C59H82N2O24S4/c1-6-60-49-16-14-45-47(39-43(86(64,65)66)41-51(45)88(70,71)72)56(49)58(2,18-21-78-27-29-82-35-37-84-33-31-80-25-23-76-4)53(60)11-10-12-54-59(3,19-22-79-28-30-83-36-38-85-34-32-81-26-24-77-5)57-48-40-44(87(67,68)69)42-52(89(73,74)75)46(48)15-17-50(57)61(54)20-9-7-8-13-55(62)63/h10-12,14-17,39-42H,6-9,13,18-38H2,1-5H3,(H4-,62,63,64,65,66,67,68,69,70,71,72,73,74,75)/p-3. The normalized spacial score (nSPS) is 17.8. The molecular weight excluding hydrogens is 1250 g/mol. The topological polar surface area (TPSA) is 365 Å². The van der Waals surface area contributed by atoms with Crippen molar-refractivity contribution >= 4 is 85.1 Å². The molecule has 0 saturated carbocycles. The first-order chi connectivity index (χ1) is 42.2. The summed E-state index contributed by atoms with van der Waals surface area (Å²) >= 11 is 0. The van der Waals surface area contributed by atoms with Crippen molar-refractivity contribution in [1.82, 2.24) is 0 Å². The van der Waals surface area contributed by atoms with Gasteiger partial charge in [-0.25, -0.2) is 33.7 Å². The number of carboxylic acids is 1. The molecule has 4 aromatic carbocycles. The van der Waals surface area contributed by atoms with Crippen LogP contribution in [0.2, 0.25) is 0 Å².